The summed E-state index contributed by atoms with van der Waals surface area (Å²) in [6.45, 7) is 2.10. The van der Waals surface area contributed by atoms with E-state index in [2.05, 4.69) is 17.3 Å². The molecule has 0 bridgehead atoms. The Hall–Kier alpha value is -1.32. The number of hydrogen-bond donors (Lipinski definition) is 1. The second-order valence-electron chi connectivity index (χ2n) is 3.77. The summed E-state index contributed by atoms with van der Waals surface area (Å²) < 4.78 is 1.85. The molecule has 2 atom stereocenters. The summed E-state index contributed by atoms with van der Waals surface area (Å²) in [6, 6.07) is 2.27. The number of nitrogens with one attached hydrogen (secondary N) is 1. The Morgan fingerprint density at radius 2 is 2.50 bits per heavy atom. The van der Waals surface area contributed by atoms with Crippen LogP contribution in [0.2, 0.25) is 0 Å². The SMILES string of the molecule is CCC1NC(=O)CC1c1ccnn1C. The quantitative estimate of drug-likeness (QED) is 0.755. The van der Waals surface area contributed by atoms with E-state index in [9.17, 15) is 4.79 Å². The molecule has 1 aliphatic rings. The summed E-state index contributed by atoms with van der Waals surface area (Å²) in [7, 11) is 1.92. The maximum atomic E-state index is 11.3. The van der Waals surface area contributed by atoms with Crippen LogP contribution in [0.4, 0.5) is 0 Å². The van der Waals surface area contributed by atoms with Gasteiger partial charge in [0, 0.05) is 37.3 Å². The van der Waals surface area contributed by atoms with Gasteiger partial charge in [-0.25, -0.2) is 0 Å². The highest BCUT2D eigenvalue weighted by atomic mass is 16.2. The summed E-state index contributed by atoms with van der Waals surface area (Å²) >= 11 is 0. The van der Waals surface area contributed by atoms with E-state index in [4.69, 9.17) is 0 Å². The van der Waals surface area contributed by atoms with Crippen LogP contribution in [-0.2, 0) is 11.8 Å². The predicted molar refractivity (Wildman–Crippen MR) is 52.8 cm³/mol. The topological polar surface area (TPSA) is 46.9 Å². The average Bonchev–Trinajstić information content (AvgIpc) is 2.71. The van der Waals surface area contributed by atoms with E-state index in [1.54, 1.807) is 6.20 Å². The molecule has 2 rings (SSSR count). The van der Waals surface area contributed by atoms with Gasteiger partial charge in [0.1, 0.15) is 0 Å². The zero-order chi connectivity index (χ0) is 10.1. The highest BCUT2D eigenvalue weighted by Gasteiger charge is 2.33. The summed E-state index contributed by atoms with van der Waals surface area (Å²) in [6.07, 6.45) is 3.35. The number of hydrogen-bond acceptors (Lipinski definition) is 2. The molecule has 76 valence electrons. The largest absolute Gasteiger partial charge is 0.353 e. The van der Waals surface area contributed by atoms with Gasteiger partial charge in [-0.15, -0.1) is 0 Å². The first kappa shape index (κ1) is 9.24. The summed E-state index contributed by atoms with van der Waals surface area (Å²) in [5.74, 6) is 0.447. The Morgan fingerprint density at radius 1 is 1.71 bits per heavy atom. The van der Waals surface area contributed by atoms with Crippen LogP contribution < -0.4 is 5.32 Å². The highest BCUT2D eigenvalue weighted by Crippen LogP contribution is 2.29. The molecule has 1 aromatic heterocycles. The van der Waals surface area contributed by atoms with Gasteiger partial charge in [0.2, 0.25) is 5.91 Å². The highest BCUT2D eigenvalue weighted by molar-refractivity contribution is 5.80. The minimum Gasteiger partial charge on any atom is -0.353 e. The fourth-order valence-corrected chi connectivity index (χ4v) is 2.15. The van der Waals surface area contributed by atoms with Crippen molar-refractivity contribution in [1.82, 2.24) is 15.1 Å². The molecule has 0 aliphatic carbocycles. The van der Waals surface area contributed by atoms with Gasteiger partial charge in [0.05, 0.1) is 0 Å². The van der Waals surface area contributed by atoms with Crippen LogP contribution in [0.5, 0.6) is 0 Å². The van der Waals surface area contributed by atoms with Crippen molar-refractivity contribution in [1.29, 1.82) is 0 Å². The van der Waals surface area contributed by atoms with Crippen molar-refractivity contribution in [2.24, 2.45) is 7.05 Å². The van der Waals surface area contributed by atoms with Gasteiger partial charge in [0.15, 0.2) is 0 Å². The molecular weight excluding hydrogens is 178 g/mol. The van der Waals surface area contributed by atoms with Crippen molar-refractivity contribution < 1.29 is 4.79 Å². The molecule has 1 aromatic rings. The third-order valence-corrected chi connectivity index (χ3v) is 2.92. The minimum absolute atomic E-state index is 0.156. The van der Waals surface area contributed by atoms with Gasteiger partial charge < -0.3 is 5.32 Å². The molecule has 4 nitrogen and oxygen atoms in total. The molecule has 0 aromatic carbocycles. The normalized spacial score (nSPS) is 26.6. The average molecular weight is 193 g/mol. The van der Waals surface area contributed by atoms with E-state index in [1.165, 1.54) is 0 Å². The van der Waals surface area contributed by atoms with Crippen LogP contribution in [0.1, 0.15) is 31.4 Å². The predicted octanol–water partition coefficient (Wildman–Crippen LogP) is 0.802. The van der Waals surface area contributed by atoms with Gasteiger partial charge in [-0.3, -0.25) is 9.48 Å². The molecule has 14 heavy (non-hydrogen) atoms. The Kier molecular flexibility index (Phi) is 2.27. The van der Waals surface area contributed by atoms with Gasteiger partial charge in [-0.2, -0.15) is 5.10 Å². The monoisotopic (exact) mass is 193 g/mol. The fourth-order valence-electron chi connectivity index (χ4n) is 2.15. The van der Waals surface area contributed by atoms with Crippen molar-refractivity contribution >= 4 is 5.91 Å². The zero-order valence-electron chi connectivity index (χ0n) is 8.53. The Bertz CT molecular complexity index is 345. The Balaban J connectivity index is 2.26. The molecule has 1 N–H and O–H groups in total. The van der Waals surface area contributed by atoms with Crippen LogP contribution >= 0.6 is 0 Å². The van der Waals surface area contributed by atoms with Crippen molar-refractivity contribution in [3.8, 4) is 0 Å². The molecule has 2 unspecified atom stereocenters. The molecule has 0 spiro atoms. The van der Waals surface area contributed by atoms with E-state index in [0.717, 1.165) is 12.1 Å². The molecule has 4 heteroatoms. The van der Waals surface area contributed by atoms with Gasteiger partial charge in [-0.1, -0.05) is 6.92 Å². The first-order valence-electron chi connectivity index (χ1n) is 4.99. The lowest BCUT2D eigenvalue weighted by Gasteiger charge is -2.16. The number of amides is 1. The maximum absolute atomic E-state index is 11.3. The minimum atomic E-state index is 0.156. The maximum Gasteiger partial charge on any atom is 0.220 e. The molecule has 1 fully saturated rings. The third kappa shape index (κ3) is 1.41. The first-order chi connectivity index (χ1) is 6.72. The molecule has 1 amide bonds. The summed E-state index contributed by atoms with van der Waals surface area (Å²) in [5.41, 5.74) is 1.15. The van der Waals surface area contributed by atoms with Gasteiger partial charge in [0.25, 0.3) is 0 Å². The van der Waals surface area contributed by atoms with E-state index >= 15 is 0 Å². The summed E-state index contributed by atoms with van der Waals surface area (Å²) in [4.78, 5) is 11.3. The number of carbonyl (C=O) groups is 1. The van der Waals surface area contributed by atoms with Crippen molar-refractivity contribution in [3.63, 3.8) is 0 Å². The second-order valence-corrected chi connectivity index (χ2v) is 3.77. The molecule has 1 saturated heterocycles. The molecule has 1 aliphatic heterocycles. The molecule has 0 radical (unpaired) electrons. The molecule has 2 heterocycles. The smallest absolute Gasteiger partial charge is 0.220 e. The lowest BCUT2D eigenvalue weighted by Crippen LogP contribution is -2.27. The fraction of sp³-hybridized carbons (Fsp3) is 0.600. The van der Waals surface area contributed by atoms with E-state index in [-0.39, 0.29) is 11.9 Å². The number of rotatable bonds is 2. The Labute approximate surface area is 83.3 Å². The third-order valence-electron chi connectivity index (χ3n) is 2.92. The standard InChI is InChI=1S/C10H15N3O/c1-3-8-7(6-10(14)12-8)9-4-5-11-13(9)2/h4-5,7-8H,3,6H2,1-2H3,(H,12,14). The number of aromatic nitrogens is 2. The van der Waals surface area contributed by atoms with E-state index < -0.39 is 0 Å². The lowest BCUT2D eigenvalue weighted by molar-refractivity contribution is -0.119. The first-order valence-corrected chi connectivity index (χ1v) is 4.99. The Morgan fingerprint density at radius 3 is 3.07 bits per heavy atom. The number of nitrogens with zero attached hydrogens (tertiary/aromatic N) is 2. The van der Waals surface area contributed by atoms with E-state index in [1.807, 2.05) is 17.8 Å². The summed E-state index contributed by atoms with van der Waals surface area (Å²) in [5, 5.41) is 7.12. The van der Waals surface area contributed by atoms with Crippen molar-refractivity contribution in [3.05, 3.63) is 18.0 Å². The second kappa shape index (κ2) is 3.44. The molecule has 0 saturated carbocycles. The van der Waals surface area contributed by atoms with Gasteiger partial charge in [-0.05, 0) is 12.5 Å². The number of carbonyl (C=O) groups excluding carboxylic acids is 1. The van der Waals surface area contributed by atoms with Crippen LogP contribution in [0.25, 0.3) is 0 Å². The van der Waals surface area contributed by atoms with Crippen molar-refractivity contribution in [2.75, 3.05) is 0 Å². The van der Waals surface area contributed by atoms with Gasteiger partial charge >= 0.3 is 0 Å². The zero-order valence-corrected chi connectivity index (χ0v) is 8.53. The van der Waals surface area contributed by atoms with Crippen LogP contribution in [-0.4, -0.2) is 21.7 Å². The number of aryl methyl sites for hydroxylation is 1. The van der Waals surface area contributed by atoms with Crippen LogP contribution in [0, 0.1) is 0 Å². The van der Waals surface area contributed by atoms with E-state index in [0.29, 0.717) is 12.3 Å². The van der Waals surface area contributed by atoms with Crippen LogP contribution in [0.15, 0.2) is 12.3 Å². The van der Waals surface area contributed by atoms with Crippen molar-refractivity contribution in [2.45, 2.75) is 31.7 Å². The van der Waals surface area contributed by atoms with Crippen LogP contribution in [0.3, 0.4) is 0 Å². The lowest BCUT2D eigenvalue weighted by atomic mass is 9.95. The molecular formula is C10H15N3O.